The van der Waals surface area contributed by atoms with Crippen LogP contribution in [0, 0.1) is 13.8 Å². The van der Waals surface area contributed by atoms with Crippen LogP contribution < -0.4 is 5.32 Å². The van der Waals surface area contributed by atoms with E-state index in [1.54, 1.807) is 0 Å². The van der Waals surface area contributed by atoms with Crippen molar-refractivity contribution in [2.45, 2.75) is 19.9 Å². The second-order valence-corrected chi connectivity index (χ2v) is 4.97. The van der Waals surface area contributed by atoms with Gasteiger partial charge in [-0.05, 0) is 38.6 Å². The average molecular weight is 294 g/mol. The Morgan fingerprint density at radius 3 is 2.41 bits per heavy atom. The molecule has 0 saturated heterocycles. The van der Waals surface area contributed by atoms with Gasteiger partial charge in [-0.2, -0.15) is 0 Å². The fourth-order valence-electron chi connectivity index (χ4n) is 2.12. The number of furan rings is 1. The van der Waals surface area contributed by atoms with Crippen LogP contribution in [0.15, 0.2) is 39.2 Å². The van der Waals surface area contributed by atoms with E-state index in [1.165, 1.54) is 11.1 Å². The highest BCUT2D eigenvalue weighted by atomic mass is 79.9. The maximum absolute atomic E-state index is 5.60. The Labute approximate surface area is 110 Å². The summed E-state index contributed by atoms with van der Waals surface area (Å²) < 4.78 is 6.71. The van der Waals surface area contributed by atoms with Crippen molar-refractivity contribution in [1.82, 2.24) is 5.32 Å². The Kier molecular flexibility index (Phi) is 3.69. The van der Waals surface area contributed by atoms with Crippen LogP contribution in [-0.2, 0) is 0 Å². The summed E-state index contributed by atoms with van der Waals surface area (Å²) in [5.74, 6) is 1.92. The predicted molar refractivity (Wildman–Crippen MR) is 73.2 cm³/mol. The van der Waals surface area contributed by atoms with E-state index < -0.39 is 0 Å². The molecule has 0 fully saturated rings. The van der Waals surface area contributed by atoms with Crippen molar-refractivity contribution in [3.05, 3.63) is 57.5 Å². The lowest BCUT2D eigenvalue weighted by Gasteiger charge is -2.17. The van der Waals surface area contributed by atoms with Crippen LogP contribution in [0.5, 0.6) is 0 Å². The molecule has 0 radical (unpaired) electrons. The second kappa shape index (κ2) is 5.07. The molecule has 2 aromatic rings. The van der Waals surface area contributed by atoms with Crippen molar-refractivity contribution >= 4 is 15.9 Å². The minimum absolute atomic E-state index is 0.156. The van der Waals surface area contributed by atoms with Gasteiger partial charge in [0.25, 0.3) is 0 Å². The van der Waals surface area contributed by atoms with Crippen LogP contribution in [0.4, 0.5) is 0 Å². The Morgan fingerprint density at radius 2 is 1.88 bits per heavy atom. The molecular formula is C14H16BrNO. The monoisotopic (exact) mass is 293 g/mol. The van der Waals surface area contributed by atoms with Gasteiger partial charge in [-0.1, -0.05) is 34.1 Å². The highest BCUT2D eigenvalue weighted by molar-refractivity contribution is 9.10. The van der Waals surface area contributed by atoms with Gasteiger partial charge in [0.05, 0.1) is 6.04 Å². The van der Waals surface area contributed by atoms with Gasteiger partial charge in [-0.25, -0.2) is 0 Å². The number of hydrogen-bond acceptors (Lipinski definition) is 2. The number of halogens is 1. The van der Waals surface area contributed by atoms with Crippen molar-refractivity contribution in [2.24, 2.45) is 0 Å². The van der Waals surface area contributed by atoms with E-state index in [1.807, 2.05) is 33.0 Å². The lowest BCUT2D eigenvalue weighted by molar-refractivity contribution is 0.497. The van der Waals surface area contributed by atoms with Crippen molar-refractivity contribution in [3.63, 3.8) is 0 Å². The topological polar surface area (TPSA) is 25.2 Å². The molecule has 1 unspecified atom stereocenters. The van der Waals surface area contributed by atoms with Crippen LogP contribution >= 0.6 is 15.9 Å². The third kappa shape index (κ3) is 2.45. The molecule has 3 heteroatoms. The zero-order valence-electron chi connectivity index (χ0n) is 10.3. The van der Waals surface area contributed by atoms with Crippen LogP contribution in [0.2, 0.25) is 0 Å². The second-order valence-electron chi connectivity index (χ2n) is 4.11. The summed E-state index contributed by atoms with van der Waals surface area (Å²) in [4.78, 5) is 0. The Morgan fingerprint density at radius 1 is 1.18 bits per heavy atom. The van der Waals surface area contributed by atoms with Gasteiger partial charge in [-0.15, -0.1) is 0 Å². The smallest absolute Gasteiger partial charge is 0.106 e. The molecule has 1 aromatic carbocycles. The SMILES string of the molecule is CNC(c1ccccc1Br)c1cc(C)oc1C. The van der Waals surface area contributed by atoms with Gasteiger partial charge in [0.2, 0.25) is 0 Å². The predicted octanol–water partition coefficient (Wildman–Crippen LogP) is 3.97. The van der Waals surface area contributed by atoms with E-state index in [-0.39, 0.29) is 6.04 Å². The molecule has 1 N–H and O–H groups in total. The molecular weight excluding hydrogens is 278 g/mol. The molecule has 2 rings (SSSR count). The Balaban J connectivity index is 2.47. The zero-order valence-corrected chi connectivity index (χ0v) is 11.8. The van der Waals surface area contributed by atoms with E-state index in [0.717, 1.165) is 16.0 Å². The van der Waals surface area contributed by atoms with E-state index >= 15 is 0 Å². The molecule has 0 aliphatic carbocycles. The fraction of sp³-hybridized carbons (Fsp3) is 0.286. The van der Waals surface area contributed by atoms with Gasteiger partial charge < -0.3 is 9.73 Å². The van der Waals surface area contributed by atoms with Crippen molar-refractivity contribution in [1.29, 1.82) is 0 Å². The van der Waals surface area contributed by atoms with Crippen LogP contribution in [0.25, 0.3) is 0 Å². The maximum Gasteiger partial charge on any atom is 0.106 e. The third-order valence-corrected chi connectivity index (χ3v) is 3.62. The van der Waals surface area contributed by atoms with Crippen LogP contribution in [-0.4, -0.2) is 7.05 Å². The van der Waals surface area contributed by atoms with Gasteiger partial charge in [-0.3, -0.25) is 0 Å². The first-order valence-corrected chi connectivity index (χ1v) is 6.41. The van der Waals surface area contributed by atoms with E-state index in [4.69, 9.17) is 4.42 Å². The van der Waals surface area contributed by atoms with Crippen molar-refractivity contribution < 1.29 is 4.42 Å². The first-order chi connectivity index (χ1) is 8.13. The zero-order chi connectivity index (χ0) is 12.4. The normalized spacial score (nSPS) is 12.7. The molecule has 17 heavy (non-hydrogen) atoms. The summed E-state index contributed by atoms with van der Waals surface area (Å²) in [5.41, 5.74) is 2.41. The summed E-state index contributed by atoms with van der Waals surface area (Å²) in [6.07, 6.45) is 0. The third-order valence-electron chi connectivity index (χ3n) is 2.90. The number of benzene rings is 1. The Bertz CT molecular complexity index is 519. The van der Waals surface area contributed by atoms with Crippen molar-refractivity contribution in [3.8, 4) is 0 Å². The minimum atomic E-state index is 0.156. The average Bonchev–Trinajstić information content (AvgIpc) is 2.62. The lowest BCUT2D eigenvalue weighted by atomic mass is 9.99. The molecule has 90 valence electrons. The molecule has 1 aromatic heterocycles. The number of hydrogen-bond donors (Lipinski definition) is 1. The molecule has 0 spiro atoms. The van der Waals surface area contributed by atoms with Crippen LogP contribution in [0.3, 0.4) is 0 Å². The number of aryl methyl sites for hydroxylation is 2. The first-order valence-electron chi connectivity index (χ1n) is 5.62. The molecule has 0 aliphatic heterocycles. The summed E-state index contributed by atoms with van der Waals surface area (Å²) >= 11 is 3.60. The van der Waals surface area contributed by atoms with E-state index in [0.29, 0.717) is 0 Å². The molecule has 1 atom stereocenters. The molecule has 0 aliphatic rings. The molecule has 2 nitrogen and oxygen atoms in total. The molecule has 0 bridgehead atoms. The van der Waals surface area contributed by atoms with E-state index in [9.17, 15) is 0 Å². The summed E-state index contributed by atoms with van der Waals surface area (Å²) in [6.45, 7) is 3.98. The number of rotatable bonds is 3. The van der Waals surface area contributed by atoms with Gasteiger partial charge >= 0.3 is 0 Å². The Hall–Kier alpha value is -1.06. The highest BCUT2D eigenvalue weighted by Gasteiger charge is 2.19. The number of nitrogens with one attached hydrogen (secondary N) is 1. The molecule has 0 amide bonds. The highest BCUT2D eigenvalue weighted by Crippen LogP contribution is 2.31. The lowest BCUT2D eigenvalue weighted by Crippen LogP contribution is -2.18. The molecule has 0 saturated carbocycles. The molecule has 1 heterocycles. The van der Waals surface area contributed by atoms with Gasteiger partial charge in [0.15, 0.2) is 0 Å². The summed E-state index contributed by atoms with van der Waals surface area (Å²) in [5, 5.41) is 3.34. The van der Waals surface area contributed by atoms with Crippen LogP contribution in [0.1, 0.15) is 28.7 Å². The quantitative estimate of drug-likeness (QED) is 0.926. The van der Waals surface area contributed by atoms with E-state index in [2.05, 4.69) is 39.4 Å². The van der Waals surface area contributed by atoms with Gasteiger partial charge in [0.1, 0.15) is 11.5 Å². The maximum atomic E-state index is 5.60. The first kappa shape index (κ1) is 12.4. The van der Waals surface area contributed by atoms with Gasteiger partial charge in [0, 0.05) is 10.0 Å². The summed E-state index contributed by atoms with van der Waals surface area (Å²) in [6, 6.07) is 10.5. The standard InChI is InChI=1S/C14H16BrNO/c1-9-8-12(10(2)17-9)14(16-3)11-6-4-5-7-13(11)15/h4-8,14,16H,1-3H3. The minimum Gasteiger partial charge on any atom is -0.466 e. The largest absolute Gasteiger partial charge is 0.466 e. The summed E-state index contributed by atoms with van der Waals surface area (Å²) in [7, 11) is 1.96. The fourth-order valence-corrected chi connectivity index (χ4v) is 2.64. The van der Waals surface area contributed by atoms with Crippen molar-refractivity contribution in [2.75, 3.05) is 7.05 Å².